The minimum Gasteiger partial charge on any atom is -0.368 e. The Morgan fingerprint density at radius 1 is 1.25 bits per heavy atom. The fraction of sp³-hybridized carbons (Fsp3) is 0.818. The fourth-order valence-corrected chi connectivity index (χ4v) is 2.26. The zero-order valence-corrected chi connectivity index (χ0v) is 9.58. The topological polar surface area (TPSA) is 98.2 Å². The highest BCUT2D eigenvalue weighted by atomic mass is 16.2. The number of hydrogen-bond donors (Lipinski definition) is 3. The Morgan fingerprint density at radius 2 is 1.88 bits per heavy atom. The lowest BCUT2D eigenvalue weighted by Crippen LogP contribution is -2.47. The lowest BCUT2D eigenvalue weighted by molar-refractivity contribution is -0.127. The van der Waals surface area contributed by atoms with E-state index >= 15 is 0 Å². The van der Waals surface area contributed by atoms with Crippen LogP contribution in [0.25, 0.3) is 0 Å². The maximum absolute atomic E-state index is 11.2. The van der Waals surface area contributed by atoms with Gasteiger partial charge in [0.15, 0.2) is 0 Å². The smallest absolute Gasteiger partial charge is 0.240 e. The van der Waals surface area contributed by atoms with E-state index in [0.29, 0.717) is 12.3 Å². The van der Waals surface area contributed by atoms with Gasteiger partial charge in [-0.05, 0) is 12.3 Å². The summed E-state index contributed by atoms with van der Waals surface area (Å²) in [4.78, 5) is 22.3. The molecule has 0 aliphatic heterocycles. The highest BCUT2D eigenvalue weighted by Gasteiger charge is 2.23. The molecule has 5 heteroatoms. The summed E-state index contributed by atoms with van der Waals surface area (Å²) in [6.45, 7) is -0.103. The van der Waals surface area contributed by atoms with E-state index in [9.17, 15) is 9.59 Å². The third-order valence-corrected chi connectivity index (χ3v) is 3.16. The molecule has 2 amide bonds. The van der Waals surface area contributed by atoms with Crippen LogP contribution in [0.3, 0.4) is 0 Å². The molecule has 0 saturated heterocycles. The van der Waals surface area contributed by atoms with Crippen LogP contribution in [0.4, 0.5) is 0 Å². The van der Waals surface area contributed by atoms with E-state index in [1.54, 1.807) is 0 Å². The predicted molar refractivity (Wildman–Crippen MR) is 61.4 cm³/mol. The Bertz CT molecular complexity index is 250. The van der Waals surface area contributed by atoms with Crippen LogP contribution in [-0.4, -0.2) is 24.4 Å². The maximum Gasteiger partial charge on any atom is 0.240 e. The molecular formula is C11H21N3O2. The molecule has 0 bridgehead atoms. The monoisotopic (exact) mass is 227 g/mol. The number of primary amides is 1. The first-order chi connectivity index (χ1) is 7.63. The van der Waals surface area contributed by atoms with Gasteiger partial charge in [-0.15, -0.1) is 0 Å². The predicted octanol–water partition coefficient (Wildman–Crippen LogP) is -0.114. The van der Waals surface area contributed by atoms with Gasteiger partial charge in [0.2, 0.25) is 11.8 Å². The first kappa shape index (κ1) is 13.0. The maximum atomic E-state index is 11.2. The van der Waals surface area contributed by atoms with Gasteiger partial charge in [0.05, 0.1) is 6.54 Å². The summed E-state index contributed by atoms with van der Waals surface area (Å²) in [7, 11) is 0. The molecule has 5 N–H and O–H groups in total. The third kappa shape index (κ3) is 4.18. The molecule has 1 saturated carbocycles. The normalized spacial score (nSPS) is 19.1. The van der Waals surface area contributed by atoms with E-state index in [2.05, 4.69) is 5.32 Å². The number of amides is 2. The van der Waals surface area contributed by atoms with Crippen LogP contribution in [0.2, 0.25) is 0 Å². The molecule has 0 spiro atoms. The van der Waals surface area contributed by atoms with E-state index < -0.39 is 11.9 Å². The molecule has 0 aromatic heterocycles. The summed E-state index contributed by atoms with van der Waals surface area (Å²) >= 11 is 0. The van der Waals surface area contributed by atoms with Gasteiger partial charge in [-0.25, -0.2) is 0 Å². The van der Waals surface area contributed by atoms with Gasteiger partial charge in [-0.3, -0.25) is 9.59 Å². The number of hydrogen-bond acceptors (Lipinski definition) is 3. The Morgan fingerprint density at radius 3 is 2.38 bits per heavy atom. The number of rotatable bonds is 5. The van der Waals surface area contributed by atoms with Crippen LogP contribution in [-0.2, 0) is 9.59 Å². The summed E-state index contributed by atoms with van der Waals surface area (Å²) in [5, 5.41) is 2.57. The van der Waals surface area contributed by atoms with E-state index in [1.807, 2.05) is 0 Å². The average Bonchev–Trinajstić information content (AvgIpc) is 2.29. The van der Waals surface area contributed by atoms with Gasteiger partial charge in [-0.1, -0.05) is 32.1 Å². The minimum atomic E-state index is -0.556. The third-order valence-electron chi connectivity index (χ3n) is 3.16. The summed E-state index contributed by atoms with van der Waals surface area (Å²) < 4.78 is 0. The molecule has 1 rings (SSSR count). The quantitative estimate of drug-likeness (QED) is 0.611. The molecule has 0 heterocycles. The molecule has 0 radical (unpaired) electrons. The van der Waals surface area contributed by atoms with Crippen molar-refractivity contribution in [1.29, 1.82) is 0 Å². The van der Waals surface area contributed by atoms with Gasteiger partial charge in [0.1, 0.15) is 6.04 Å². The van der Waals surface area contributed by atoms with Gasteiger partial charge in [-0.2, -0.15) is 0 Å². The molecule has 0 aromatic rings. The van der Waals surface area contributed by atoms with Crippen molar-refractivity contribution in [3.8, 4) is 0 Å². The van der Waals surface area contributed by atoms with Crippen molar-refractivity contribution in [2.45, 2.75) is 44.6 Å². The summed E-state index contributed by atoms with van der Waals surface area (Å²) in [6.07, 6.45) is 6.60. The highest BCUT2D eigenvalue weighted by Crippen LogP contribution is 2.27. The number of carbonyl (C=O) groups excluding carboxylic acids is 2. The van der Waals surface area contributed by atoms with Gasteiger partial charge >= 0.3 is 0 Å². The van der Waals surface area contributed by atoms with Crippen molar-refractivity contribution in [1.82, 2.24) is 5.32 Å². The first-order valence-corrected chi connectivity index (χ1v) is 5.92. The molecule has 5 nitrogen and oxygen atoms in total. The Hall–Kier alpha value is -1.10. The van der Waals surface area contributed by atoms with Crippen LogP contribution in [0.5, 0.6) is 0 Å². The lowest BCUT2D eigenvalue weighted by atomic mass is 9.84. The number of nitrogens with two attached hydrogens (primary N) is 2. The second kappa shape index (κ2) is 6.48. The standard InChI is InChI=1S/C11H21N3O2/c12-7-10(15)14-9(11(13)16)6-8-4-2-1-3-5-8/h8-9H,1-7,12H2,(H2,13,16)(H,14,15). The van der Waals surface area contributed by atoms with Crippen molar-refractivity contribution in [2.24, 2.45) is 17.4 Å². The molecule has 0 aromatic carbocycles. The number of carbonyl (C=O) groups is 2. The second-order valence-corrected chi connectivity index (χ2v) is 4.47. The van der Waals surface area contributed by atoms with Crippen LogP contribution in [0, 0.1) is 5.92 Å². The van der Waals surface area contributed by atoms with Crippen LogP contribution in [0.15, 0.2) is 0 Å². The Kier molecular flexibility index (Phi) is 5.25. The Labute approximate surface area is 95.9 Å². The molecule has 1 aliphatic carbocycles. The largest absolute Gasteiger partial charge is 0.368 e. The van der Waals surface area contributed by atoms with Gasteiger partial charge in [0, 0.05) is 0 Å². The first-order valence-electron chi connectivity index (χ1n) is 5.92. The van der Waals surface area contributed by atoms with Gasteiger partial charge in [0.25, 0.3) is 0 Å². The molecule has 1 unspecified atom stereocenters. The van der Waals surface area contributed by atoms with Crippen molar-refractivity contribution in [3.05, 3.63) is 0 Å². The summed E-state index contributed by atoms with van der Waals surface area (Å²) in [5.74, 6) is -0.281. The average molecular weight is 227 g/mol. The molecule has 16 heavy (non-hydrogen) atoms. The van der Waals surface area contributed by atoms with Gasteiger partial charge < -0.3 is 16.8 Å². The van der Waals surface area contributed by atoms with Crippen LogP contribution < -0.4 is 16.8 Å². The Balaban J connectivity index is 2.43. The van der Waals surface area contributed by atoms with E-state index in [1.165, 1.54) is 19.3 Å². The van der Waals surface area contributed by atoms with Crippen molar-refractivity contribution in [3.63, 3.8) is 0 Å². The van der Waals surface area contributed by atoms with E-state index in [0.717, 1.165) is 12.8 Å². The van der Waals surface area contributed by atoms with E-state index in [4.69, 9.17) is 11.5 Å². The fourth-order valence-electron chi connectivity index (χ4n) is 2.26. The highest BCUT2D eigenvalue weighted by molar-refractivity contribution is 5.87. The summed E-state index contributed by atoms with van der Waals surface area (Å²) in [5.41, 5.74) is 10.5. The minimum absolute atomic E-state index is 0.103. The lowest BCUT2D eigenvalue weighted by Gasteiger charge is -2.25. The SMILES string of the molecule is NCC(=O)NC(CC1CCCCC1)C(N)=O. The van der Waals surface area contributed by atoms with Crippen molar-refractivity contribution < 1.29 is 9.59 Å². The number of nitrogens with one attached hydrogen (secondary N) is 1. The second-order valence-electron chi connectivity index (χ2n) is 4.47. The molecular weight excluding hydrogens is 206 g/mol. The summed E-state index contributed by atoms with van der Waals surface area (Å²) in [6, 6.07) is -0.556. The van der Waals surface area contributed by atoms with Crippen molar-refractivity contribution in [2.75, 3.05) is 6.54 Å². The van der Waals surface area contributed by atoms with E-state index in [-0.39, 0.29) is 12.5 Å². The molecule has 1 atom stereocenters. The zero-order valence-electron chi connectivity index (χ0n) is 9.58. The molecule has 92 valence electrons. The zero-order chi connectivity index (χ0) is 12.0. The van der Waals surface area contributed by atoms with Crippen molar-refractivity contribution >= 4 is 11.8 Å². The van der Waals surface area contributed by atoms with Crippen LogP contribution in [0.1, 0.15) is 38.5 Å². The molecule has 1 fully saturated rings. The molecule has 1 aliphatic rings. The van der Waals surface area contributed by atoms with Crippen LogP contribution >= 0.6 is 0 Å².